The van der Waals surface area contributed by atoms with Crippen LogP contribution in [0.15, 0.2) is 24.3 Å². The van der Waals surface area contributed by atoms with Gasteiger partial charge in [0, 0.05) is 43.7 Å². The van der Waals surface area contributed by atoms with Gasteiger partial charge in [-0.3, -0.25) is 9.59 Å². The Balaban J connectivity index is 1.31. The molecule has 2 atom stereocenters. The predicted molar refractivity (Wildman–Crippen MR) is 101 cm³/mol. The number of rotatable bonds is 3. The maximum Gasteiger partial charge on any atom is 0.253 e. The molecule has 2 aliphatic heterocycles. The van der Waals surface area contributed by atoms with E-state index in [-0.39, 0.29) is 23.8 Å². The molecule has 1 aliphatic carbocycles. The Morgan fingerprint density at radius 3 is 2.23 bits per heavy atom. The van der Waals surface area contributed by atoms with Crippen molar-refractivity contribution in [2.24, 2.45) is 23.5 Å². The van der Waals surface area contributed by atoms with Crippen molar-refractivity contribution in [3.8, 4) is 0 Å². The highest BCUT2D eigenvalue weighted by Gasteiger charge is 2.43. The average Bonchev–Trinajstić information content (AvgIpc) is 3.43. The van der Waals surface area contributed by atoms with Gasteiger partial charge in [0.15, 0.2) is 0 Å². The molecule has 0 radical (unpaired) electrons. The van der Waals surface area contributed by atoms with Gasteiger partial charge in [0.2, 0.25) is 5.91 Å². The smallest absolute Gasteiger partial charge is 0.253 e. The van der Waals surface area contributed by atoms with Crippen LogP contribution in [0.25, 0.3) is 0 Å². The van der Waals surface area contributed by atoms with Crippen LogP contribution in [0.4, 0.5) is 0 Å². The fraction of sp³-hybridized carbons (Fsp3) is 0.619. The molecule has 3 fully saturated rings. The minimum Gasteiger partial charge on any atom is -0.341 e. The van der Waals surface area contributed by atoms with Crippen molar-refractivity contribution in [1.82, 2.24) is 9.80 Å². The van der Waals surface area contributed by atoms with Crippen LogP contribution in [-0.4, -0.2) is 53.8 Å². The number of carbonyl (C=O) groups excluding carboxylic acids is 2. The van der Waals surface area contributed by atoms with E-state index in [0.717, 1.165) is 36.4 Å². The highest BCUT2D eigenvalue weighted by atomic mass is 16.2. The van der Waals surface area contributed by atoms with Crippen molar-refractivity contribution >= 4 is 11.8 Å². The van der Waals surface area contributed by atoms with Gasteiger partial charge in [-0.2, -0.15) is 0 Å². The van der Waals surface area contributed by atoms with Crippen LogP contribution in [0.3, 0.4) is 0 Å². The van der Waals surface area contributed by atoms with Crippen molar-refractivity contribution in [2.45, 2.75) is 38.6 Å². The van der Waals surface area contributed by atoms with Gasteiger partial charge in [0.25, 0.3) is 5.91 Å². The molecule has 5 nitrogen and oxygen atoms in total. The molecule has 0 spiro atoms. The van der Waals surface area contributed by atoms with Crippen LogP contribution in [0.1, 0.15) is 41.6 Å². The van der Waals surface area contributed by atoms with E-state index in [9.17, 15) is 9.59 Å². The maximum atomic E-state index is 12.9. The topological polar surface area (TPSA) is 66.6 Å². The Hall–Kier alpha value is -1.88. The zero-order chi connectivity index (χ0) is 18.3. The van der Waals surface area contributed by atoms with E-state index in [1.54, 1.807) is 0 Å². The van der Waals surface area contributed by atoms with Crippen molar-refractivity contribution in [3.05, 3.63) is 35.4 Å². The molecule has 2 heterocycles. The average molecular weight is 355 g/mol. The maximum absolute atomic E-state index is 12.9. The molecule has 2 amide bonds. The number of hydrogen-bond acceptors (Lipinski definition) is 3. The van der Waals surface area contributed by atoms with Gasteiger partial charge < -0.3 is 15.5 Å². The number of piperidine rings is 1. The molecule has 2 saturated heterocycles. The summed E-state index contributed by atoms with van der Waals surface area (Å²) in [4.78, 5) is 29.4. The van der Waals surface area contributed by atoms with Crippen molar-refractivity contribution in [2.75, 3.05) is 26.2 Å². The van der Waals surface area contributed by atoms with E-state index in [2.05, 4.69) is 0 Å². The first kappa shape index (κ1) is 17.5. The van der Waals surface area contributed by atoms with Gasteiger partial charge in [-0.05, 0) is 56.6 Å². The molecule has 1 saturated carbocycles. The third kappa shape index (κ3) is 3.50. The number of nitrogens with zero attached hydrogens (tertiary/aromatic N) is 2. The number of likely N-dealkylation sites (tertiary alicyclic amines) is 2. The molecule has 1 aromatic rings. The molecular formula is C21H29N3O2. The molecule has 26 heavy (non-hydrogen) atoms. The summed E-state index contributed by atoms with van der Waals surface area (Å²) in [7, 11) is 0. The molecule has 1 aromatic carbocycles. The van der Waals surface area contributed by atoms with Crippen LogP contribution in [-0.2, 0) is 4.79 Å². The third-order valence-corrected chi connectivity index (χ3v) is 6.38. The van der Waals surface area contributed by atoms with E-state index < -0.39 is 0 Å². The lowest BCUT2D eigenvalue weighted by atomic mass is 9.94. The predicted octanol–water partition coefficient (Wildman–Crippen LogP) is 2.04. The second kappa shape index (κ2) is 7.03. The quantitative estimate of drug-likeness (QED) is 0.902. The van der Waals surface area contributed by atoms with E-state index >= 15 is 0 Å². The summed E-state index contributed by atoms with van der Waals surface area (Å²) in [5.74, 6) is 1.63. The zero-order valence-corrected chi connectivity index (χ0v) is 15.6. The monoisotopic (exact) mass is 355 g/mol. The molecular weight excluding hydrogens is 326 g/mol. The lowest BCUT2D eigenvalue weighted by molar-refractivity contribution is -0.136. The summed E-state index contributed by atoms with van der Waals surface area (Å²) in [6.07, 6.45) is 4.08. The second-order valence-electron chi connectivity index (χ2n) is 8.34. The van der Waals surface area contributed by atoms with Crippen molar-refractivity contribution in [3.63, 3.8) is 0 Å². The lowest BCUT2D eigenvalue weighted by Crippen LogP contribution is -2.44. The van der Waals surface area contributed by atoms with Crippen LogP contribution >= 0.6 is 0 Å². The molecule has 2 unspecified atom stereocenters. The zero-order valence-electron chi connectivity index (χ0n) is 15.6. The van der Waals surface area contributed by atoms with Gasteiger partial charge in [-0.1, -0.05) is 17.7 Å². The summed E-state index contributed by atoms with van der Waals surface area (Å²) in [5.41, 5.74) is 8.15. The molecule has 140 valence electrons. The van der Waals surface area contributed by atoms with Crippen LogP contribution in [0.5, 0.6) is 0 Å². The van der Waals surface area contributed by atoms with Gasteiger partial charge in [-0.25, -0.2) is 0 Å². The van der Waals surface area contributed by atoms with Crippen LogP contribution in [0.2, 0.25) is 0 Å². The van der Waals surface area contributed by atoms with Crippen LogP contribution < -0.4 is 5.73 Å². The van der Waals surface area contributed by atoms with E-state index in [4.69, 9.17) is 5.73 Å². The molecule has 3 aliphatic rings. The summed E-state index contributed by atoms with van der Waals surface area (Å²) >= 11 is 0. The van der Waals surface area contributed by atoms with Crippen molar-refractivity contribution < 1.29 is 9.59 Å². The Labute approximate surface area is 155 Å². The van der Waals surface area contributed by atoms with Gasteiger partial charge >= 0.3 is 0 Å². The van der Waals surface area contributed by atoms with Crippen LogP contribution in [0, 0.1) is 24.7 Å². The Kier molecular flexibility index (Phi) is 4.74. The van der Waals surface area contributed by atoms with Gasteiger partial charge in [-0.15, -0.1) is 0 Å². The largest absolute Gasteiger partial charge is 0.341 e. The summed E-state index contributed by atoms with van der Waals surface area (Å²) in [6.45, 7) is 4.89. The van der Waals surface area contributed by atoms with Crippen molar-refractivity contribution in [1.29, 1.82) is 0 Å². The third-order valence-electron chi connectivity index (χ3n) is 6.38. The standard InChI is InChI=1S/C21H29N3O2/c1-14-2-4-16(5-3-14)20(25)23-10-8-17(9-11-23)21(26)24-12-18(15-6-7-15)19(22)13-24/h2-5,15,17-19H,6-13,22H2,1H3. The number of aryl methyl sites for hydroxylation is 1. The number of benzene rings is 1. The normalized spacial score (nSPS) is 27.0. The first-order valence-electron chi connectivity index (χ1n) is 9.93. The highest BCUT2D eigenvalue weighted by molar-refractivity contribution is 5.94. The molecule has 0 aromatic heterocycles. The van der Waals surface area contributed by atoms with Gasteiger partial charge in [0.05, 0.1) is 0 Å². The Bertz CT molecular complexity index is 675. The SMILES string of the molecule is Cc1ccc(C(=O)N2CCC(C(=O)N3CC(N)C(C4CC4)C3)CC2)cc1. The number of nitrogens with two attached hydrogens (primary N) is 1. The second-order valence-corrected chi connectivity index (χ2v) is 8.34. The fourth-order valence-corrected chi connectivity index (χ4v) is 4.52. The minimum atomic E-state index is 0.0437. The first-order chi connectivity index (χ1) is 12.5. The summed E-state index contributed by atoms with van der Waals surface area (Å²) in [5, 5.41) is 0. The molecule has 0 bridgehead atoms. The summed E-state index contributed by atoms with van der Waals surface area (Å²) in [6, 6.07) is 7.86. The molecule has 2 N–H and O–H groups in total. The number of carbonyl (C=O) groups is 2. The first-order valence-corrected chi connectivity index (χ1v) is 9.93. The number of hydrogen-bond donors (Lipinski definition) is 1. The fourth-order valence-electron chi connectivity index (χ4n) is 4.52. The number of amides is 2. The van der Waals surface area contributed by atoms with E-state index in [1.807, 2.05) is 41.0 Å². The van der Waals surface area contributed by atoms with E-state index in [0.29, 0.717) is 25.6 Å². The van der Waals surface area contributed by atoms with E-state index in [1.165, 1.54) is 12.8 Å². The van der Waals surface area contributed by atoms with Gasteiger partial charge in [0.1, 0.15) is 0 Å². The Morgan fingerprint density at radius 1 is 0.962 bits per heavy atom. The highest BCUT2D eigenvalue weighted by Crippen LogP contribution is 2.41. The minimum absolute atomic E-state index is 0.0437. The molecule has 4 rings (SSSR count). The summed E-state index contributed by atoms with van der Waals surface area (Å²) < 4.78 is 0. The lowest BCUT2D eigenvalue weighted by Gasteiger charge is -2.33. The molecule has 5 heteroatoms. The Morgan fingerprint density at radius 2 is 1.62 bits per heavy atom.